The van der Waals surface area contributed by atoms with Crippen LogP contribution in [-0.4, -0.2) is 71.6 Å². The van der Waals surface area contributed by atoms with Crippen molar-refractivity contribution < 1.29 is 44.3 Å². The summed E-state index contributed by atoms with van der Waals surface area (Å²) in [5.74, 6) is -7.64. The number of alkyl halides is 4. The molecule has 15 heteroatoms. The minimum Gasteiger partial charge on any atom is -0.481 e. The zero-order valence-electron chi connectivity index (χ0n) is 16.8. The van der Waals surface area contributed by atoms with E-state index >= 15 is 0 Å². The fourth-order valence-electron chi connectivity index (χ4n) is 2.96. The molecule has 0 saturated heterocycles. The summed E-state index contributed by atoms with van der Waals surface area (Å²) >= 11 is 36.2. The molecule has 0 aromatic rings. The van der Waals surface area contributed by atoms with Crippen molar-refractivity contribution in [2.75, 3.05) is 13.2 Å². The molecule has 0 amide bonds. The van der Waals surface area contributed by atoms with Crippen LogP contribution in [0.15, 0.2) is 22.2 Å². The van der Waals surface area contributed by atoms with Crippen molar-refractivity contribution >= 4 is 93.5 Å². The van der Waals surface area contributed by atoms with Gasteiger partial charge in [-0.3, -0.25) is 9.59 Å². The summed E-state index contributed by atoms with van der Waals surface area (Å²) < 4.78 is 1.80. The number of allylic oxidation sites excluding steroid dienone is 2. The van der Waals surface area contributed by atoms with Crippen LogP contribution in [0.4, 0.5) is 0 Å². The van der Waals surface area contributed by atoms with Crippen molar-refractivity contribution in [1.29, 1.82) is 0 Å². The summed E-state index contributed by atoms with van der Waals surface area (Å²) in [6.07, 6.45) is 2.17. The molecular weight excluding hydrogens is 573 g/mol. The predicted octanol–water partition coefficient (Wildman–Crippen LogP) is 2.86. The number of cyclic esters (lactones) is 2. The first kappa shape index (κ1) is 30.3. The zero-order valence-corrected chi connectivity index (χ0v) is 21.4. The maximum absolute atomic E-state index is 11.3. The molecule has 1 aliphatic heterocycles. The highest BCUT2D eigenvalue weighted by Gasteiger charge is 2.85. The van der Waals surface area contributed by atoms with E-state index in [2.05, 4.69) is 4.74 Å². The molecule has 3 rings (SSSR count). The Labute approximate surface area is 217 Å². The number of carbonyl (C=O) groups is 4. The van der Waals surface area contributed by atoms with E-state index in [4.69, 9.17) is 79.8 Å². The molecule has 0 radical (unpaired) electrons. The van der Waals surface area contributed by atoms with Crippen LogP contribution in [0.3, 0.4) is 0 Å². The number of aliphatic hydroxyl groups is 2. The Kier molecular flexibility index (Phi) is 9.58. The van der Waals surface area contributed by atoms with Crippen LogP contribution in [0.25, 0.3) is 0 Å². The molecule has 2 aliphatic carbocycles. The van der Waals surface area contributed by atoms with Crippen molar-refractivity contribution in [2.24, 2.45) is 17.3 Å². The lowest BCUT2D eigenvalue weighted by Gasteiger charge is -2.31. The van der Waals surface area contributed by atoms with E-state index in [1.807, 2.05) is 0 Å². The van der Waals surface area contributed by atoms with Gasteiger partial charge in [-0.1, -0.05) is 60.3 Å². The second kappa shape index (κ2) is 10.5. The smallest absolute Gasteiger partial charge is 0.338 e. The first-order valence-corrected chi connectivity index (χ1v) is 11.1. The van der Waals surface area contributed by atoms with Crippen LogP contribution in [-0.2, 0) is 23.9 Å². The van der Waals surface area contributed by atoms with Gasteiger partial charge < -0.3 is 25.2 Å². The third-order valence-corrected chi connectivity index (χ3v) is 9.14. The van der Waals surface area contributed by atoms with Gasteiger partial charge in [0.15, 0.2) is 4.33 Å². The summed E-state index contributed by atoms with van der Waals surface area (Å²) in [5.41, 5.74) is -0.306. The van der Waals surface area contributed by atoms with Crippen LogP contribution in [0.5, 0.6) is 0 Å². The number of halogens is 6. The van der Waals surface area contributed by atoms with Gasteiger partial charge in [0.25, 0.3) is 0 Å². The lowest BCUT2D eigenvalue weighted by Crippen LogP contribution is -2.45. The topological polar surface area (TPSA) is 158 Å². The van der Waals surface area contributed by atoms with Crippen molar-refractivity contribution in [1.82, 2.24) is 0 Å². The predicted molar refractivity (Wildman–Crippen MR) is 121 cm³/mol. The Bertz CT molecular complexity index is 849. The number of carbonyl (C=O) groups excluding carboxylic acids is 2. The fraction of sp³-hybridized carbons (Fsp3) is 0.556. The van der Waals surface area contributed by atoms with Crippen LogP contribution in [0.1, 0.15) is 13.8 Å². The highest BCUT2D eigenvalue weighted by molar-refractivity contribution is 6.66. The van der Waals surface area contributed by atoms with Crippen LogP contribution >= 0.6 is 69.6 Å². The number of ether oxygens (including phenoxy) is 1. The van der Waals surface area contributed by atoms with E-state index in [0.717, 1.165) is 12.2 Å². The molecule has 1 saturated carbocycles. The summed E-state index contributed by atoms with van der Waals surface area (Å²) in [5, 5.41) is 34.6. The molecule has 0 aromatic heterocycles. The van der Waals surface area contributed by atoms with E-state index in [1.54, 1.807) is 13.8 Å². The van der Waals surface area contributed by atoms with E-state index in [9.17, 15) is 29.4 Å². The standard InChI is InChI=1S/C9H4Cl6O4.C5H12O2.C4H2O3/c10-3-4(11)8(13)2(6(18)19)1(5(16)17)7(3,12)9(8,14)15;1-5(2,3-6)4-7;5-3-1-2-4(6)7-3/h1-2H,(H,16,17)(H,18,19);6-7H,3-4H2,1-2H3;1-2H. The summed E-state index contributed by atoms with van der Waals surface area (Å²) in [6.45, 7) is 3.69. The minimum absolute atomic E-state index is 0.0451. The number of rotatable bonds is 4. The van der Waals surface area contributed by atoms with Gasteiger partial charge in [-0.25, -0.2) is 9.59 Å². The van der Waals surface area contributed by atoms with E-state index in [-0.39, 0.29) is 28.7 Å². The van der Waals surface area contributed by atoms with Crippen LogP contribution < -0.4 is 0 Å². The quantitative estimate of drug-likeness (QED) is 0.219. The molecule has 1 fully saturated rings. The number of aliphatic hydroxyl groups excluding tert-OH is 2. The SMILES string of the molecule is CC(C)(CO)CO.O=C(O)C1C(C(=O)O)C2(Cl)C(Cl)=C(Cl)C1(Cl)C2(Cl)Cl.O=C1C=CC(=O)O1. The second-order valence-corrected chi connectivity index (χ2v) is 11.1. The fourth-order valence-corrected chi connectivity index (χ4v) is 5.89. The molecule has 0 aromatic carbocycles. The number of esters is 2. The molecule has 3 aliphatic rings. The normalized spacial score (nSPS) is 31.5. The third kappa shape index (κ3) is 5.11. The lowest BCUT2D eigenvalue weighted by atomic mass is 9.82. The molecule has 186 valence electrons. The van der Waals surface area contributed by atoms with Crippen molar-refractivity contribution in [3.63, 3.8) is 0 Å². The van der Waals surface area contributed by atoms with Crippen molar-refractivity contribution in [2.45, 2.75) is 27.9 Å². The maximum Gasteiger partial charge on any atom is 0.338 e. The molecule has 1 heterocycles. The van der Waals surface area contributed by atoms with Gasteiger partial charge in [0, 0.05) is 17.6 Å². The van der Waals surface area contributed by atoms with Crippen molar-refractivity contribution in [3.8, 4) is 0 Å². The number of fused-ring (bicyclic) bond motifs is 2. The molecule has 4 N–H and O–H groups in total. The largest absolute Gasteiger partial charge is 0.481 e. The molecule has 4 atom stereocenters. The number of carboxylic acids is 2. The lowest BCUT2D eigenvalue weighted by molar-refractivity contribution is -0.153. The number of hydrogen-bond acceptors (Lipinski definition) is 7. The average Bonchev–Trinajstić information content (AvgIpc) is 3.20. The highest BCUT2D eigenvalue weighted by Crippen LogP contribution is 2.76. The van der Waals surface area contributed by atoms with Crippen LogP contribution in [0.2, 0.25) is 0 Å². The molecule has 4 unspecified atom stereocenters. The average molecular weight is 591 g/mol. The first-order valence-electron chi connectivity index (χ1n) is 8.79. The van der Waals surface area contributed by atoms with Gasteiger partial charge in [-0.15, -0.1) is 23.2 Å². The van der Waals surface area contributed by atoms with E-state index < -0.39 is 49.8 Å². The molecular formula is C18H18Cl6O9. The Morgan fingerprint density at radius 1 is 0.879 bits per heavy atom. The molecule has 2 bridgehead atoms. The first-order chi connectivity index (χ1) is 14.9. The summed E-state index contributed by atoms with van der Waals surface area (Å²) in [4.78, 5) is 38.3. The van der Waals surface area contributed by atoms with E-state index in [1.165, 1.54) is 0 Å². The van der Waals surface area contributed by atoms with Gasteiger partial charge in [0.05, 0.1) is 35.1 Å². The van der Waals surface area contributed by atoms with Crippen LogP contribution in [0, 0.1) is 17.3 Å². The van der Waals surface area contributed by atoms with E-state index in [0.29, 0.717) is 0 Å². The molecule has 9 nitrogen and oxygen atoms in total. The summed E-state index contributed by atoms with van der Waals surface area (Å²) in [6, 6.07) is 0. The Morgan fingerprint density at radius 2 is 1.18 bits per heavy atom. The van der Waals surface area contributed by atoms with Gasteiger partial charge in [-0.05, 0) is 0 Å². The molecule has 0 spiro atoms. The third-order valence-electron chi connectivity index (χ3n) is 4.88. The highest BCUT2D eigenvalue weighted by atomic mass is 35.5. The summed E-state index contributed by atoms with van der Waals surface area (Å²) in [7, 11) is 0. The molecule has 33 heavy (non-hydrogen) atoms. The van der Waals surface area contributed by atoms with Gasteiger partial charge in [0.1, 0.15) is 9.75 Å². The Balaban J connectivity index is 0.000000318. The maximum atomic E-state index is 11.3. The monoisotopic (exact) mass is 588 g/mol. The van der Waals surface area contributed by atoms with Gasteiger partial charge >= 0.3 is 23.9 Å². The van der Waals surface area contributed by atoms with Gasteiger partial charge in [-0.2, -0.15) is 0 Å². The number of carboxylic acid groups (broad SMARTS) is 2. The number of aliphatic carboxylic acids is 2. The number of hydrogen-bond donors (Lipinski definition) is 4. The van der Waals surface area contributed by atoms with Crippen molar-refractivity contribution in [3.05, 3.63) is 22.2 Å². The Morgan fingerprint density at radius 3 is 1.33 bits per heavy atom. The minimum atomic E-state index is -2.18. The zero-order chi connectivity index (χ0) is 26.2. The van der Waals surface area contributed by atoms with Gasteiger partial charge in [0.2, 0.25) is 0 Å². The second-order valence-electron chi connectivity index (χ2n) is 7.81. The Hall–Kier alpha value is -0.780.